The molecule has 5 nitrogen and oxygen atoms in total. The van der Waals surface area contributed by atoms with Crippen molar-refractivity contribution in [1.29, 1.82) is 0 Å². The topological polar surface area (TPSA) is 59.0 Å². The molecule has 16 heavy (non-hydrogen) atoms. The summed E-state index contributed by atoms with van der Waals surface area (Å²) < 4.78 is 1.95. The highest BCUT2D eigenvalue weighted by atomic mass is 16.1. The molecule has 0 radical (unpaired) electrons. The van der Waals surface area contributed by atoms with Gasteiger partial charge in [-0.1, -0.05) is 13.8 Å². The molecule has 1 rings (SSSR count). The molecule has 1 atom stereocenters. The average molecular weight is 224 g/mol. The van der Waals surface area contributed by atoms with Gasteiger partial charge in [-0.05, 0) is 6.92 Å². The first-order valence-electron chi connectivity index (χ1n) is 5.56. The molecule has 0 saturated carbocycles. The minimum Gasteiger partial charge on any atom is -0.351 e. The number of nitrogens with zero attached hydrogens (tertiary/aromatic N) is 2. The Morgan fingerprint density at radius 1 is 1.44 bits per heavy atom. The minimum atomic E-state index is 0.0290. The molecule has 0 aliphatic carbocycles. The molecule has 90 valence electrons. The summed E-state index contributed by atoms with van der Waals surface area (Å²) in [5.74, 6) is 0.0290. The van der Waals surface area contributed by atoms with Gasteiger partial charge >= 0.3 is 0 Å². The first kappa shape index (κ1) is 12.7. The highest BCUT2D eigenvalue weighted by Gasteiger charge is 2.07. The standard InChI is InChI=1S/C11H20N4O/c1-9(2)13-6-11(16)14-10(3)7-15-5-4-12-8-15/h4-5,8-10,13H,6-7H2,1-3H3,(H,14,16). The molecule has 1 heterocycles. The molecule has 0 aromatic carbocycles. The predicted octanol–water partition coefficient (Wildman–Crippen LogP) is 0.386. The molecule has 0 saturated heterocycles. The molecule has 1 aromatic rings. The Hall–Kier alpha value is -1.36. The van der Waals surface area contributed by atoms with E-state index in [4.69, 9.17) is 0 Å². The van der Waals surface area contributed by atoms with E-state index in [1.54, 1.807) is 12.5 Å². The van der Waals surface area contributed by atoms with Crippen LogP contribution in [0.25, 0.3) is 0 Å². The third-order valence-electron chi connectivity index (χ3n) is 2.12. The van der Waals surface area contributed by atoms with E-state index in [1.165, 1.54) is 0 Å². The fourth-order valence-corrected chi connectivity index (χ4v) is 1.38. The number of rotatable bonds is 6. The van der Waals surface area contributed by atoms with Crippen molar-refractivity contribution in [3.05, 3.63) is 18.7 Å². The van der Waals surface area contributed by atoms with E-state index in [0.717, 1.165) is 6.54 Å². The lowest BCUT2D eigenvalue weighted by atomic mass is 10.3. The number of imidazole rings is 1. The molecule has 1 aromatic heterocycles. The van der Waals surface area contributed by atoms with Gasteiger partial charge in [0, 0.05) is 31.0 Å². The second-order valence-electron chi connectivity index (χ2n) is 4.26. The zero-order valence-corrected chi connectivity index (χ0v) is 10.1. The lowest BCUT2D eigenvalue weighted by Crippen LogP contribution is -2.42. The molecule has 1 unspecified atom stereocenters. The van der Waals surface area contributed by atoms with E-state index in [9.17, 15) is 4.79 Å². The molecular formula is C11H20N4O. The highest BCUT2D eigenvalue weighted by molar-refractivity contribution is 5.78. The molecule has 5 heteroatoms. The summed E-state index contributed by atoms with van der Waals surface area (Å²) in [6.07, 6.45) is 5.36. The molecule has 0 fully saturated rings. The minimum absolute atomic E-state index is 0.0290. The number of hydrogen-bond donors (Lipinski definition) is 2. The van der Waals surface area contributed by atoms with Crippen molar-refractivity contribution < 1.29 is 4.79 Å². The van der Waals surface area contributed by atoms with Crippen LogP contribution < -0.4 is 10.6 Å². The van der Waals surface area contributed by atoms with Gasteiger partial charge in [-0.15, -0.1) is 0 Å². The van der Waals surface area contributed by atoms with E-state index in [-0.39, 0.29) is 11.9 Å². The number of carbonyl (C=O) groups is 1. The Balaban J connectivity index is 2.23. The van der Waals surface area contributed by atoms with Crippen molar-refractivity contribution in [3.63, 3.8) is 0 Å². The van der Waals surface area contributed by atoms with Gasteiger partial charge < -0.3 is 15.2 Å². The first-order valence-corrected chi connectivity index (χ1v) is 5.56. The fourth-order valence-electron chi connectivity index (χ4n) is 1.38. The predicted molar refractivity (Wildman–Crippen MR) is 63.0 cm³/mol. The second-order valence-corrected chi connectivity index (χ2v) is 4.26. The Morgan fingerprint density at radius 3 is 2.75 bits per heavy atom. The maximum Gasteiger partial charge on any atom is 0.234 e. The molecule has 0 aliphatic rings. The fraction of sp³-hybridized carbons (Fsp3) is 0.636. The molecule has 0 spiro atoms. The van der Waals surface area contributed by atoms with E-state index in [2.05, 4.69) is 15.6 Å². The number of hydrogen-bond acceptors (Lipinski definition) is 3. The molecule has 2 N–H and O–H groups in total. The average Bonchev–Trinajstić information content (AvgIpc) is 2.67. The summed E-state index contributed by atoms with van der Waals surface area (Å²) in [6.45, 7) is 7.12. The molecule has 1 amide bonds. The van der Waals surface area contributed by atoms with Crippen LogP contribution in [-0.4, -0.2) is 34.1 Å². The van der Waals surface area contributed by atoms with Crippen LogP contribution >= 0.6 is 0 Å². The third-order valence-corrected chi connectivity index (χ3v) is 2.12. The molecule has 0 bridgehead atoms. The van der Waals surface area contributed by atoms with Crippen molar-refractivity contribution in [2.75, 3.05) is 6.54 Å². The van der Waals surface area contributed by atoms with Gasteiger partial charge in [-0.2, -0.15) is 0 Å². The lowest BCUT2D eigenvalue weighted by molar-refractivity contribution is -0.121. The van der Waals surface area contributed by atoms with Crippen molar-refractivity contribution in [1.82, 2.24) is 20.2 Å². The zero-order chi connectivity index (χ0) is 12.0. The van der Waals surface area contributed by atoms with Gasteiger partial charge in [0.15, 0.2) is 0 Å². The largest absolute Gasteiger partial charge is 0.351 e. The van der Waals surface area contributed by atoms with Crippen LogP contribution in [-0.2, 0) is 11.3 Å². The highest BCUT2D eigenvalue weighted by Crippen LogP contribution is 1.91. The SMILES string of the molecule is CC(C)NCC(=O)NC(C)Cn1ccnc1. The number of nitrogens with one attached hydrogen (secondary N) is 2. The third kappa shape index (κ3) is 4.93. The Kier molecular flexibility index (Phi) is 4.98. The molecule has 0 aliphatic heterocycles. The zero-order valence-electron chi connectivity index (χ0n) is 10.1. The Bertz CT molecular complexity index is 308. The number of amides is 1. The Morgan fingerprint density at radius 2 is 2.19 bits per heavy atom. The maximum atomic E-state index is 11.5. The summed E-state index contributed by atoms with van der Waals surface area (Å²) >= 11 is 0. The first-order chi connectivity index (χ1) is 7.58. The van der Waals surface area contributed by atoms with E-state index >= 15 is 0 Å². The second kappa shape index (κ2) is 6.27. The van der Waals surface area contributed by atoms with Gasteiger partial charge in [-0.25, -0.2) is 4.98 Å². The van der Waals surface area contributed by atoms with Crippen LogP contribution in [0.15, 0.2) is 18.7 Å². The molecular weight excluding hydrogens is 204 g/mol. The summed E-state index contributed by atoms with van der Waals surface area (Å²) in [4.78, 5) is 15.4. The van der Waals surface area contributed by atoms with Gasteiger partial charge in [-0.3, -0.25) is 4.79 Å². The van der Waals surface area contributed by atoms with Crippen LogP contribution in [0.3, 0.4) is 0 Å². The van der Waals surface area contributed by atoms with E-state index in [0.29, 0.717) is 12.6 Å². The summed E-state index contributed by atoms with van der Waals surface area (Å²) in [7, 11) is 0. The van der Waals surface area contributed by atoms with Crippen LogP contribution in [0.5, 0.6) is 0 Å². The van der Waals surface area contributed by atoms with Crippen molar-refractivity contribution in [2.45, 2.75) is 39.4 Å². The van der Waals surface area contributed by atoms with Crippen LogP contribution in [0.1, 0.15) is 20.8 Å². The normalized spacial score (nSPS) is 12.8. The van der Waals surface area contributed by atoms with Crippen LogP contribution in [0.2, 0.25) is 0 Å². The quantitative estimate of drug-likeness (QED) is 0.734. The Labute approximate surface area is 96.3 Å². The number of aromatic nitrogens is 2. The van der Waals surface area contributed by atoms with Crippen LogP contribution in [0, 0.1) is 0 Å². The summed E-state index contributed by atoms with van der Waals surface area (Å²) in [6, 6.07) is 0.436. The summed E-state index contributed by atoms with van der Waals surface area (Å²) in [5.41, 5.74) is 0. The van der Waals surface area contributed by atoms with Gasteiger partial charge in [0.25, 0.3) is 0 Å². The van der Waals surface area contributed by atoms with E-state index in [1.807, 2.05) is 31.5 Å². The summed E-state index contributed by atoms with van der Waals surface area (Å²) in [5, 5.41) is 6.00. The van der Waals surface area contributed by atoms with Crippen molar-refractivity contribution in [2.24, 2.45) is 0 Å². The maximum absolute atomic E-state index is 11.5. The lowest BCUT2D eigenvalue weighted by Gasteiger charge is -2.15. The van der Waals surface area contributed by atoms with Gasteiger partial charge in [0.2, 0.25) is 5.91 Å². The van der Waals surface area contributed by atoms with Gasteiger partial charge in [0.05, 0.1) is 12.9 Å². The monoisotopic (exact) mass is 224 g/mol. The van der Waals surface area contributed by atoms with Crippen LogP contribution in [0.4, 0.5) is 0 Å². The smallest absolute Gasteiger partial charge is 0.234 e. The van der Waals surface area contributed by atoms with E-state index < -0.39 is 0 Å². The number of carbonyl (C=O) groups excluding carboxylic acids is 1. The van der Waals surface area contributed by atoms with Gasteiger partial charge in [0.1, 0.15) is 0 Å². The van der Waals surface area contributed by atoms with Crippen molar-refractivity contribution >= 4 is 5.91 Å². The van der Waals surface area contributed by atoms with Crippen molar-refractivity contribution in [3.8, 4) is 0 Å².